The van der Waals surface area contributed by atoms with E-state index in [1.54, 1.807) is 6.20 Å². The summed E-state index contributed by atoms with van der Waals surface area (Å²) in [4.78, 5) is 11.9. The molecule has 148 valence electrons. The van der Waals surface area contributed by atoms with Gasteiger partial charge in [0, 0.05) is 42.7 Å². The van der Waals surface area contributed by atoms with Crippen molar-refractivity contribution in [2.45, 2.75) is 25.8 Å². The molecule has 7 heteroatoms. The highest BCUT2D eigenvalue weighted by atomic mass is 16.3. The van der Waals surface area contributed by atoms with Gasteiger partial charge in [-0.05, 0) is 37.6 Å². The molecule has 0 aliphatic carbocycles. The van der Waals surface area contributed by atoms with Crippen molar-refractivity contribution in [1.82, 2.24) is 25.1 Å². The number of oxazole rings is 1. The molecule has 2 N–H and O–H groups in total. The van der Waals surface area contributed by atoms with Crippen LogP contribution in [0.4, 0.5) is 5.82 Å². The van der Waals surface area contributed by atoms with E-state index in [9.17, 15) is 0 Å². The molecule has 1 fully saturated rings. The second-order valence-electron chi connectivity index (χ2n) is 7.45. The van der Waals surface area contributed by atoms with Crippen molar-refractivity contribution < 1.29 is 4.42 Å². The monoisotopic (exact) mass is 388 g/mol. The topological polar surface area (TPSA) is 82.9 Å². The summed E-state index contributed by atoms with van der Waals surface area (Å²) in [5, 5.41) is 10.6. The molecule has 1 aliphatic heterocycles. The van der Waals surface area contributed by atoms with Gasteiger partial charge in [-0.3, -0.25) is 5.10 Å². The fourth-order valence-corrected chi connectivity index (χ4v) is 3.88. The second kappa shape index (κ2) is 7.67. The summed E-state index contributed by atoms with van der Waals surface area (Å²) in [7, 11) is 0. The fourth-order valence-electron chi connectivity index (χ4n) is 3.88. The largest absolute Gasteiger partial charge is 0.436 e. The minimum atomic E-state index is 0.396. The van der Waals surface area contributed by atoms with E-state index in [1.807, 2.05) is 36.7 Å². The Morgan fingerprint density at radius 3 is 2.79 bits per heavy atom. The lowest BCUT2D eigenvalue weighted by Crippen LogP contribution is -2.39. The van der Waals surface area contributed by atoms with Crippen LogP contribution in [-0.4, -0.2) is 50.7 Å². The van der Waals surface area contributed by atoms with E-state index in [0.29, 0.717) is 11.9 Å². The molecule has 0 unspecified atom stereocenters. The zero-order chi connectivity index (χ0) is 19.6. The Labute approximate surface area is 169 Å². The molecule has 0 saturated carbocycles. The summed E-state index contributed by atoms with van der Waals surface area (Å²) >= 11 is 0. The van der Waals surface area contributed by atoms with Crippen LogP contribution in [-0.2, 0) is 0 Å². The molecular formula is C22H24N6O. The second-order valence-corrected chi connectivity index (χ2v) is 7.45. The number of H-pyrrole nitrogens is 1. The highest BCUT2D eigenvalue weighted by Gasteiger charge is 2.21. The summed E-state index contributed by atoms with van der Waals surface area (Å²) in [5.74, 6) is 1.40. The highest BCUT2D eigenvalue weighted by Crippen LogP contribution is 2.33. The van der Waals surface area contributed by atoms with E-state index in [4.69, 9.17) is 14.4 Å². The number of fused-ring (bicyclic) bond motifs is 1. The van der Waals surface area contributed by atoms with Gasteiger partial charge in [-0.2, -0.15) is 5.10 Å². The zero-order valence-electron chi connectivity index (χ0n) is 16.4. The van der Waals surface area contributed by atoms with Crippen molar-refractivity contribution in [3.05, 3.63) is 48.9 Å². The highest BCUT2D eigenvalue weighted by molar-refractivity contribution is 5.81. The van der Waals surface area contributed by atoms with Crippen molar-refractivity contribution in [3.8, 4) is 22.6 Å². The predicted octanol–water partition coefficient (Wildman–Crippen LogP) is 4.18. The van der Waals surface area contributed by atoms with Gasteiger partial charge in [-0.25, -0.2) is 9.97 Å². The van der Waals surface area contributed by atoms with Gasteiger partial charge >= 0.3 is 0 Å². The molecule has 5 rings (SSSR count). The molecule has 7 nitrogen and oxygen atoms in total. The van der Waals surface area contributed by atoms with Crippen LogP contribution in [0.1, 0.15) is 19.8 Å². The summed E-state index contributed by atoms with van der Waals surface area (Å²) in [6.45, 7) is 5.55. The molecule has 1 aliphatic rings. The molecule has 0 atom stereocenters. The summed E-state index contributed by atoms with van der Waals surface area (Å²) in [6, 6.07) is 10.3. The van der Waals surface area contributed by atoms with Crippen molar-refractivity contribution in [3.63, 3.8) is 0 Å². The van der Waals surface area contributed by atoms with Crippen molar-refractivity contribution in [1.29, 1.82) is 0 Å². The van der Waals surface area contributed by atoms with Gasteiger partial charge < -0.3 is 14.6 Å². The SMILES string of the molecule is CCN1CCC(Nc2ncc(-c3cn[nH]c3)cc2-c2nc3ccccc3o2)CC1. The van der Waals surface area contributed by atoms with Gasteiger partial charge in [0.25, 0.3) is 0 Å². The average molecular weight is 388 g/mol. The first-order valence-electron chi connectivity index (χ1n) is 10.1. The fraction of sp³-hybridized carbons (Fsp3) is 0.318. The molecule has 0 spiro atoms. The zero-order valence-corrected chi connectivity index (χ0v) is 16.4. The molecule has 4 aromatic rings. The first-order chi connectivity index (χ1) is 14.3. The Kier molecular flexibility index (Phi) is 4.73. The summed E-state index contributed by atoms with van der Waals surface area (Å²) < 4.78 is 6.07. The van der Waals surface area contributed by atoms with Crippen molar-refractivity contribution in [2.24, 2.45) is 0 Å². The van der Waals surface area contributed by atoms with Gasteiger partial charge in [0.1, 0.15) is 11.3 Å². The molecule has 0 bridgehead atoms. The van der Waals surface area contributed by atoms with E-state index < -0.39 is 0 Å². The maximum atomic E-state index is 6.07. The molecule has 1 aromatic carbocycles. The maximum Gasteiger partial charge on any atom is 0.231 e. The van der Waals surface area contributed by atoms with Crippen LogP contribution >= 0.6 is 0 Å². The lowest BCUT2D eigenvalue weighted by atomic mass is 10.0. The van der Waals surface area contributed by atoms with Crippen molar-refractivity contribution >= 4 is 16.9 Å². The Balaban J connectivity index is 1.51. The Morgan fingerprint density at radius 2 is 2.03 bits per heavy atom. The number of pyridine rings is 1. The van der Waals surface area contributed by atoms with E-state index in [-0.39, 0.29) is 0 Å². The van der Waals surface area contributed by atoms with Gasteiger partial charge in [0.05, 0.1) is 11.8 Å². The lowest BCUT2D eigenvalue weighted by Gasteiger charge is -2.32. The normalized spacial score (nSPS) is 15.8. The van der Waals surface area contributed by atoms with Crippen LogP contribution in [0.2, 0.25) is 0 Å². The van der Waals surface area contributed by atoms with Crippen LogP contribution in [0, 0.1) is 0 Å². The molecule has 3 aromatic heterocycles. The minimum Gasteiger partial charge on any atom is -0.436 e. The summed E-state index contributed by atoms with van der Waals surface area (Å²) in [5.41, 5.74) is 4.45. The number of hydrogen-bond donors (Lipinski definition) is 2. The third-order valence-electron chi connectivity index (χ3n) is 5.62. The maximum absolute atomic E-state index is 6.07. The van der Waals surface area contributed by atoms with Gasteiger partial charge in [-0.1, -0.05) is 19.1 Å². The number of benzene rings is 1. The summed E-state index contributed by atoms with van der Waals surface area (Å²) in [6.07, 6.45) is 7.74. The first-order valence-corrected chi connectivity index (χ1v) is 10.1. The number of nitrogens with zero attached hydrogens (tertiary/aromatic N) is 4. The number of aromatic nitrogens is 4. The third kappa shape index (κ3) is 3.61. The molecule has 0 radical (unpaired) electrons. The number of piperidine rings is 1. The lowest BCUT2D eigenvalue weighted by molar-refractivity contribution is 0.229. The number of rotatable bonds is 5. The third-order valence-corrected chi connectivity index (χ3v) is 5.62. The quantitative estimate of drug-likeness (QED) is 0.534. The van der Waals surface area contributed by atoms with Gasteiger partial charge in [0.15, 0.2) is 5.58 Å². The van der Waals surface area contributed by atoms with Crippen LogP contribution in [0.3, 0.4) is 0 Å². The molecule has 4 heterocycles. The molecule has 29 heavy (non-hydrogen) atoms. The van der Waals surface area contributed by atoms with E-state index >= 15 is 0 Å². The number of anilines is 1. The standard InChI is InChI=1S/C22H24N6O/c1-2-28-9-7-17(8-10-28)26-21-18(11-15(12-23-21)16-13-24-25-14-16)22-27-19-5-3-4-6-20(19)29-22/h3-6,11-14,17H,2,7-10H2,1H3,(H,23,26)(H,24,25). The van der Waals surface area contributed by atoms with Crippen LogP contribution in [0.25, 0.3) is 33.7 Å². The van der Waals surface area contributed by atoms with Gasteiger partial charge in [-0.15, -0.1) is 0 Å². The van der Waals surface area contributed by atoms with E-state index in [0.717, 1.165) is 66.1 Å². The number of para-hydroxylation sites is 2. The van der Waals surface area contributed by atoms with Crippen LogP contribution in [0.15, 0.2) is 53.3 Å². The van der Waals surface area contributed by atoms with Crippen LogP contribution < -0.4 is 5.32 Å². The Morgan fingerprint density at radius 1 is 1.17 bits per heavy atom. The van der Waals surface area contributed by atoms with E-state index in [1.165, 1.54) is 0 Å². The first kappa shape index (κ1) is 17.9. The number of aromatic amines is 1. The molecule has 0 amide bonds. The number of nitrogens with one attached hydrogen (secondary N) is 2. The van der Waals surface area contributed by atoms with Crippen molar-refractivity contribution in [2.75, 3.05) is 25.0 Å². The molecule has 1 saturated heterocycles. The predicted molar refractivity (Wildman–Crippen MR) is 114 cm³/mol. The van der Waals surface area contributed by atoms with Gasteiger partial charge in [0.2, 0.25) is 5.89 Å². The average Bonchev–Trinajstić information content (AvgIpc) is 3.44. The minimum absolute atomic E-state index is 0.396. The molecular weight excluding hydrogens is 364 g/mol. The van der Waals surface area contributed by atoms with E-state index in [2.05, 4.69) is 33.4 Å². The number of likely N-dealkylation sites (tertiary alicyclic amines) is 1. The number of hydrogen-bond acceptors (Lipinski definition) is 6. The smallest absolute Gasteiger partial charge is 0.231 e. The van der Waals surface area contributed by atoms with Crippen LogP contribution in [0.5, 0.6) is 0 Å². The Bertz CT molecular complexity index is 1060. The Hall–Kier alpha value is -3.19.